The van der Waals surface area contributed by atoms with Gasteiger partial charge in [0, 0.05) is 11.4 Å². The third kappa shape index (κ3) is 7.86. The second kappa shape index (κ2) is 11.7. The summed E-state index contributed by atoms with van der Waals surface area (Å²) in [5, 5.41) is 14.7. The number of hydrogen-bond donors (Lipinski definition) is 3. The van der Waals surface area contributed by atoms with Crippen LogP contribution in [0.2, 0.25) is 5.02 Å². The molecule has 0 aromatic heterocycles. The van der Waals surface area contributed by atoms with E-state index >= 15 is 0 Å². The van der Waals surface area contributed by atoms with Crippen molar-refractivity contribution in [2.75, 3.05) is 6.61 Å². The van der Waals surface area contributed by atoms with Gasteiger partial charge in [0.1, 0.15) is 12.1 Å². The number of rotatable bonds is 11. The molecule has 9 heteroatoms. The van der Waals surface area contributed by atoms with Crippen LogP contribution in [0.15, 0.2) is 24.3 Å². The van der Waals surface area contributed by atoms with Gasteiger partial charge in [-0.05, 0) is 50.8 Å². The summed E-state index contributed by atoms with van der Waals surface area (Å²) in [4.78, 5) is 49.0. The summed E-state index contributed by atoms with van der Waals surface area (Å²) < 4.78 is 4.94. The monoisotopic (exact) mass is 454 g/mol. The summed E-state index contributed by atoms with van der Waals surface area (Å²) in [6, 6.07) is 4.81. The fourth-order valence-electron chi connectivity index (χ4n) is 2.88. The second-order valence-electron chi connectivity index (χ2n) is 8.07. The smallest absolute Gasteiger partial charge is 0.328 e. The van der Waals surface area contributed by atoms with E-state index in [-0.39, 0.29) is 31.3 Å². The molecule has 0 aliphatic heterocycles. The molecule has 0 heterocycles. The van der Waals surface area contributed by atoms with Crippen LogP contribution in [0.3, 0.4) is 0 Å². The predicted molar refractivity (Wildman–Crippen MR) is 117 cm³/mol. The molecule has 0 saturated heterocycles. The molecule has 3 N–H and O–H groups in total. The molecule has 0 fully saturated rings. The fraction of sp³-hybridized carbons (Fsp3) is 0.545. The lowest BCUT2D eigenvalue weighted by atomic mass is 9.83. The van der Waals surface area contributed by atoms with Crippen molar-refractivity contribution in [3.63, 3.8) is 0 Å². The number of carbonyl (C=O) groups is 4. The molecule has 1 aromatic rings. The minimum atomic E-state index is -1.12. The third-order valence-electron chi connectivity index (χ3n) is 4.90. The zero-order chi connectivity index (χ0) is 23.8. The first-order valence-electron chi connectivity index (χ1n) is 10.2. The molecule has 31 heavy (non-hydrogen) atoms. The maximum atomic E-state index is 13.0. The molecular weight excluding hydrogens is 424 g/mol. The van der Waals surface area contributed by atoms with Gasteiger partial charge in [0.2, 0.25) is 11.8 Å². The van der Waals surface area contributed by atoms with Crippen LogP contribution in [-0.4, -0.2) is 47.6 Å². The Labute approximate surface area is 187 Å². The zero-order valence-corrected chi connectivity index (χ0v) is 19.3. The van der Waals surface area contributed by atoms with E-state index in [0.29, 0.717) is 5.02 Å². The van der Waals surface area contributed by atoms with Crippen LogP contribution in [0.4, 0.5) is 0 Å². The number of ether oxygens (including phenoxy) is 1. The molecule has 8 nitrogen and oxygen atoms in total. The van der Waals surface area contributed by atoms with Gasteiger partial charge in [0.15, 0.2) is 0 Å². The Kier molecular flexibility index (Phi) is 9.97. The maximum absolute atomic E-state index is 13.0. The molecule has 0 unspecified atom stereocenters. The molecule has 0 radical (unpaired) electrons. The Morgan fingerprint density at radius 3 is 2.16 bits per heavy atom. The standard InChI is InChI=1S/C22H31ClN2O6/c1-6-31-20(29)16(11-12-17(26)27)24-19(28)18(13(2)3)25-21(30)22(4,5)14-7-9-15(23)10-8-14/h7-10,13,16,18H,6,11-12H2,1-5H3,(H,24,28)(H,25,30)(H,26,27)/t16-,18+/m1/s1. The Hall–Kier alpha value is -2.61. The van der Waals surface area contributed by atoms with E-state index in [0.717, 1.165) is 5.56 Å². The van der Waals surface area contributed by atoms with Gasteiger partial charge in [-0.2, -0.15) is 0 Å². The van der Waals surface area contributed by atoms with E-state index in [1.165, 1.54) is 0 Å². The summed E-state index contributed by atoms with van der Waals surface area (Å²) >= 11 is 5.92. The fourth-order valence-corrected chi connectivity index (χ4v) is 3.00. The van der Waals surface area contributed by atoms with Crippen molar-refractivity contribution in [1.82, 2.24) is 10.6 Å². The van der Waals surface area contributed by atoms with E-state index < -0.39 is 35.3 Å². The number of benzene rings is 1. The predicted octanol–water partition coefficient (Wildman–Crippen LogP) is 2.67. The zero-order valence-electron chi connectivity index (χ0n) is 18.5. The Morgan fingerprint density at radius 1 is 1.10 bits per heavy atom. The number of hydrogen-bond acceptors (Lipinski definition) is 5. The van der Waals surface area contributed by atoms with Crippen LogP contribution in [0.25, 0.3) is 0 Å². The van der Waals surface area contributed by atoms with Crippen molar-refractivity contribution in [2.45, 2.75) is 65.0 Å². The maximum Gasteiger partial charge on any atom is 0.328 e. The third-order valence-corrected chi connectivity index (χ3v) is 5.16. The van der Waals surface area contributed by atoms with E-state index in [1.54, 1.807) is 58.9 Å². The topological polar surface area (TPSA) is 122 Å². The Bertz CT molecular complexity index is 792. The van der Waals surface area contributed by atoms with Gasteiger partial charge in [0.05, 0.1) is 12.0 Å². The second-order valence-corrected chi connectivity index (χ2v) is 8.51. The highest BCUT2D eigenvalue weighted by Crippen LogP contribution is 2.25. The normalized spacial score (nSPS) is 13.3. The minimum Gasteiger partial charge on any atom is -0.481 e. The summed E-state index contributed by atoms with van der Waals surface area (Å²) in [7, 11) is 0. The lowest BCUT2D eigenvalue weighted by Crippen LogP contribution is -2.56. The number of esters is 1. The van der Waals surface area contributed by atoms with Crippen molar-refractivity contribution in [3.8, 4) is 0 Å². The van der Waals surface area contributed by atoms with Crippen molar-refractivity contribution >= 4 is 35.4 Å². The highest BCUT2D eigenvalue weighted by atomic mass is 35.5. The lowest BCUT2D eigenvalue weighted by Gasteiger charge is -2.30. The van der Waals surface area contributed by atoms with Crippen LogP contribution in [0.5, 0.6) is 0 Å². The largest absolute Gasteiger partial charge is 0.481 e. The SMILES string of the molecule is CCOC(=O)[C@@H](CCC(=O)O)NC(=O)[C@@H](NC(=O)C(C)(C)c1ccc(Cl)cc1)C(C)C. The van der Waals surface area contributed by atoms with Crippen LogP contribution in [0.1, 0.15) is 53.0 Å². The average molecular weight is 455 g/mol. The summed E-state index contributed by atoms with van der Waals surface area (Å²) in [6.07, 6.45) is -0.430. The first-order valence-corrected chi connectivity index (χ1v) is 10.5. The molecule has 0 saturated carbocycles. The van der Waals surface area contributed by atoms with Crippen LogP contribution >= 0.6 is 11.6 Å². The summed E-state index contributed by atoms with van der Waals surface area (Å²) in [5.74, 6) is -3.05. The molecule has 0 spiro atoms. The van der Waals surface area contributed by atoms with Crippen molar-refractivity contribution < 1.29 is 29.0 Å². The minimum absolute atomic E-state index is 0.0951. The number of halogens is 1. The van der Waals surface area contributed by atoms with Crippen molar-refractivity contribution in [1.29, 1.82) is 0 Å². The van der Waals surface area contributed by atoms with Gasteiger partial charge in [-0.3, -0.25) is 14.4 Å². The number of carbonyl (C=O) groups excluding carboxylic acids is 3. The molecule has 2 amide bonds. The number of carboxylic acids is 1. The lowest BCUT2D eigenvalue weighted by molar-refractivity contribution is -0.148. The molecular formula is C22H31ClN2O6. The molecule has 2 atom stereocenters. The number of amides is 2. The molecule has 1 rings (SSSR count). The average Bonchev–Trinajstić information content (AvgIpc) is 2.68. The van der Waals surface area contributed by atoms with Crippen LogP contribution in [0, 0.1) is 5.92 Å². The molecule has 0 aliphatic rings. The Balaban J connectivity index is 2.98. The number of nitrogens with one attached hydrogen (secondary N) is 2. The molecule has 0 bridgehead atoms. The molecule has 172 valence electrons. The van der Waals surface area contributed by atoms with Gasteiger partial charge in [0.25, 0.3) is 0 Å². The van der Waals surface area contributed by atoms with Crippen molar-refractivity contribution in [2.24, 2.45) is 5.92 Å². The molecule has 1 aromatic carbocycles. The Morgan fingerprint density at radius 2 is 1.68 bits per heavy atom. The van der Waals surface area contributed by atoms with Crippen molar-refractivity contribution in [3.05, 3.63) is 34.9 Å². The van der Waals surface area contributed by atoms with E-state index in [4.69, 9.17) is 21.4 Å². The van der Waals surface area contributed by atoms with E-state index in [9.17, 15) is 19.2 Å². The van der Waals surface area contributed by atoms with Gasteiger partial charge in [-0.25, -0.2) is 4.79 Å². The van der Waals surface area contributed by atoms with Gasteiger partial charge in [-0.15, -0.1) is 0 Å². The van der Waals surface area contributed by atoms with E-state index in [1.807, 2.05) is 0 Å². The molecule has 0 aliphatic carbocycles. The van der Waals surface area contributed by atoms with E-state index in [2.05, 4.69) is 10.6 Å². The van der Waals surface area contributed by atoms with Gasteiger partial charge in [-0.1, -0.05) is 37.6 Å². The quantitative estimate of drug-likeness (QED) is 0.442. The van der Waals surface area contributed by atoms with Crippen LogP contribution in [-0.2, 0) is 29.3 Å². The summed E-state index contributed by atoms with van der Waals surface area (Å²) in [5.41, 5.74) is -0.217. The first-order chi connectivity index (χ1) is 14.4. The summed E-state index contributed by atoms with van der Waals surface area (Å²) in [6.45, 7) is 8.69. The van der Waals surface area contributed by atoms with Crippen LogP contribution < -0.4 is 10.6 Å². The van der Waals surface area contributed by atoms with Gasteiger partial charge < -0.3 is 20.5 Å². The first kappa shape index (κ1) is 26.4. The number of carboxylic acid groups (broad SMARTS) is 1. The highest BCUT2D eigenvalue weighted by Gasteiger charge is 2.35. The number of aliphatic carboxylic acids is 1. The van der Waals surface area contributed by atoms with Gasteiger partial charge >= 0.3 is 11.9 Å². The highest BCUT2D eigenvalue weighted by molar-refractivity contribution is 6.30.